The van der Waals surface area contributed by atoms with Gasteiger partial charge in [0.2, 0.25) is 11.8 Å². The van der Waals surface area contributed by atoms with Gasteiger partial charge in [-0.05, 0) is 30.2 Å². The summed E-state index contributed by atoms with van der Waals surface area (Å²) in [7, 11) is 3.43. The van der Waals surface area contributed by atoms with Crippen molar-refractivity contribution in [2.24, 2.45) is 5.41 Å². The van der Waals surface area contributed by atoms with Crippen LogP contribution in [0.25, 0.3) is 0 Å². The summed E-state index contributed by atoms with van der Waals surface area (Å²) >= 11 is 0. The Hall–Kier alpha value is -2.04. The second kappa shape index (κ2) is 4.98. The van der Waals surface area contributed by atoms with Crippen molar-refractivity contribution in [2.75, 3.05) is 32.1 Å². The molecular weight excluding hydrogens is 292 g/mol. The first-order valence-corrected chi connectivity index (χ1v) is 7.97. The first-order chi connectivity index (χ1) is 10.7. The number of carbonyl (C=O) groups excluding carboxylic acids is 2. The van der Waals surface area contributed by atoms with Crippen LogP contribution in [0.2, 0.25) is 0 Å². The molecule has 2 aliphatic rings. The van der Waals surface area contributed by atoms with Crippen molar-refractivity contribution >= 4 is 17.5 Å². The SMILES string of the molecule is COc1ccc2c(c1)C1(CCN(C(=O)C(C)(C)C)C1)C(=O)N2C. The molecule has 23 heavy (non-hydrogen) atoms. The lowest BCUT2D eigenvalue weighted by atomic mass is 9.80. The van der Waals surface area contributed by atoms with Gasteiger partial charge in [0, 0.05) is 31.2 Å². The normalized spacial score (nSPS) is 23.6. The number of nitrogens with zero attached hydrogens (tertiary/aromatic N) is 2. The number of hydrogen-bond donors (Lipinski definition) is 0. The molecule has 2 heterocycles. The number of likely N-dealkylation sites (N-methyl/N-ethyl adjacent to an activating group) is 1. The lowest BCUT2D eigenvalue weighted by molar-refractivity contribution is -0.138. The van der Waals surface area contributed by atoms with Gasteiger partial charge in [0.15, 0.2) is 0 Å². The Morgan fingerprint density at radius 2 is 2.00 bits per heavy atom. The van der Waals surface area contributed by atoms with Crippen LogP contribution in [0.3, 0.4) is 0 Å². The average molecular weight is 316 g/mol. The Labute approximate surface area is 137 Å². The highest BCUT2D eigenvalue weighted by Crippen LogP contribution is 2.48. The number of likely N-dealkylation sites (tertiary alicyclic amines) is 1. The third-order valence-electron chi connectivity index (χ3n) is 4.99. The standard InChI is InChI=1S/C18H24N2O3/c1-17(2,3)15(21)20-9-8-18(11-20)13-10-12(23-5)6-7-14(13)19(4)16(18)22/h6-7,10H,8-9,11H2,1-5H3. The zero-order chi connectivity index (χ0) is 17.0. The minimum Gasteiger partial charge on any atom is -0.497 e. The van der Waals surface area contributed by atoms with Crippen LogP contribution in [-0.4, -0.2) is 44.0 Å². The van der Waals surface area contributed by atoms with Gasteiger partial charge < -0.3 is 14.5 Å². The zero-order valence-corrected chi connectivity index (χ0v) is 14.5. The van der Waals surface area contributed by atoms with E-state index in [9.17, 15) is 9.59 Å². The van der Waals surface area contributed by atoms with E-state index in [1.807, 2.05) is 43.9 Å². The molecule has 124 valence electrons. The molecule has 1 fully saturated rings. The molecule has 1 spiro atoms. The molecule has 0 bridgehead atoms. The number of benzene rings is 1. The maximum Gasteiger partial charge on any atom is 0.239 e. The Morgan fingerprint density at radius 1 is 1.30 bits per heavy atom. The van der Waals surface area contributed by atoms with E-state index in [-0.39, 0.29) is 11.8 Å². The lowest BCUT2D eigenvalue weighted by Gasteiger charge is -2.28. The summed E-state index contributed by atoms with van der Waals surface area (Å²) < 4.78 is 5.33. The van der Waals surface area contributed by atoms with Crippen molar-refractivity contribution in [1.82, 2.24) is 4.90 Å². The second-order valence-electron chi connectivity index (χ2n) is 7.56. The molecule has 1 aromatic carbocycles. The van der Waals surface area contributed by atoms with Gasteiger partial charge in [-0.3, -0.25) is 9.59 Å². The average Bonchev–Trinajstić information content (AvgIpc) is 3.04. The molecule has 1 unspecified atom stereocenters. The second-order valence-corrected chi connectivity index (χ2v) is 7.56. The molecule has 0 aliphatic carbocycles. The molecule has 5 nitrogen and oxygen atoms in total. The maximum absolute atomic E-state index is 13.0. The quantitative estimate of drug-likeness (QED) is 0.798. The van der Waals surface area contributed by atoms with Crippen LogP contribution in [0.1, 0.15) is 32.8 Å². The molecule has 3 rings (SSSR count). The number of rotatable bonds is 1. The first-order valence-electron chi connectivity index (χ1n) is 7.97. The third-order valence-corrected chi connectivity index (χ3v) is 4.99. The van der Waals surface area contributed by atoms with E-state index in [1.54, 1.807) is 19.1 Å². The molecule has 0 aromatic heterocycles. The summed E-state index contributed by atoms with van der Waals surface area (Å²) in [6.07, 6.45) is 0.665. The van der Waals surface area contributed by atoms with Gasteiger partial charge in [-0.1, -0.05) is 20.8 Å². The minimum absolute atomic E-state index is 0.0740. The molecule has 1 atom stereocenters. The number of amides is 2. The fraction of sp³-hybridized carbons (Fsp3) is 0.556. The number of methoxy groups -OCH3 is 1. The van der Waals surface area contributed by atoms with Crippen molar-refractivity contribution in [2.45, 2.75) is 32.6 Å². The monoisotopic (exact) mass is 316 g/mol. The summed E-state index contributed by atoms with van der Waals surface area (Å²) in [6.45, 7) is 6.82. The Bertz CT molecular complexity index is 677. The number of ether oxygens (including phenoxy) is 1. The highest BCUT2D eigenvalue weighted by Gasteiger charge is 2.55. The van der Waals surface area contributed by atoms with Crippen LogP contribution >= 0.6 is 0 Å². The largest absolute Gasteiger partial charge is 0.497 e. The van der Waals surface area contributed by atoms with E-state index in [0.717, 1.165) is 17.0 Å². The van der Waals surface area contributed by atoms with E-state index in [4.69, 9.17) is 4.74 Å². The van der Waals surface area contributed by atoms with Gasteiger partial charge in [0.05, 0.1) is 12.5 Å². The Kier molecular flexibility index (Phi) is 3.43. The molecule has 0 radical (unpaired) electrons. The minimum atomic E-state index is -0.625. The van der Waals surface area contributed by atoms with E-state index in [1.165, 1.54) is 0 Å². The smallest absolute Gasteiger partial charge is 0.239 e. The van der Waals surface area contributed by atoms with Crippen LogP contribution in [0.4, 0.5) is 5.69 Å². The highest BCUT2D eigenvalue weighted by molar-refractivity contribution is 6.08. The summed E-state index contributed by atoms with van der Waals surface area (Å²) in [5, 5.41) is 0. The van der Waals surface area contributed by atoms with Crippen LogP contribution in [0.5, 0.6) is 5.75 Å². The fourth-order valence-corrected chi connectivity index (χ4v) is 3.72. The maximum atomic E-state index is 13.0. The summed E-state index contributed by atoms with van der Waals surface area (Å²) in [5.41, 5.74) is 0.838. The van der Waals surface area contributed by atoms with Crippen molar-refractivity contribution in [3.63, 3.8) is 0 Å². The number of carbonyl (C=O) groups is 2. The van der Waals surface area contributed by atoms with Gasteiger partial charge >= 0.3 is 0 Å². The number of anilines is 1. The van der Waals surface area contributed by atoms with Gasteiger partial charge in [0.1, 0.15) is 5.75 Å². The number of fused-ring (bicyclic) bond motifs is 2. The summed E-state index contributed by atoms with van der Waals surface area (Å²) in [4.78, 5) is 29.1. The zero-order valence-electron chi connectivity index (χ0n) is 14.5. The topological polar surface area (TPSA) is 49.9 Å². The molecule has 1 aromatic rings. The van der Waals surface area contributed by atoms with Crippen molar-refractivity contribution in [3.05, 3.63) is 23.8 Å². The molecule has 2 amide bonds. The van der Waals surface area contributed by atoms with E-state index in [0.29, 0.717) is 19.5 Å². The predicted octanol–water partition coefficient (Wildman–Crippen LogP) is 2.19. The van der Waals surface area contributed by atoms with Gasteiger partial charge in [0.25, 0.3) is 0 Å². The Morgan fingerprint density at radius 3 is 2.61 bits per heavy atom. The third kappa shape index (κ3) is 2.21. The fourth-order valence-electron chi connectivity index (χ4n) is 3.72. The predicted molar refractivity (Wildman–Crippen MR) is 88.7 cm³/mol. The molecule has 5 heteroatoms. The molecular formula is C18H24N2O3. The van der Waals surface area contributed by atoms with Crippen molar-refractivity contribution in [3.8, 4) is 5.75 Å². The summed E-state index contributed by atoms with van der Waals surface area (Å²) in [5.74, 6) is 0.915. The van der Waals surface area contributed by atoms with Gasteiger partial charge in [-0.2, -0.15) is 0 Å². The highest BCUT2D eigenvalue weighted by atomic mass is 16.5. The first kappa shape index (κ1) is 15.8. The molecule has 0 N–H and O–H groups in total. The van der Waals surface area contributed by atoms with Gasteiger partial charge in [-0.25, -0.2) is 0 Å². The Balaban J connectivity index is 2.01. The van der Waals surface area contributed by atoms with Crippen molar-refractivity contribution < 1.29 is 14.3 Å². The molecule has 0 saturated carbocycles. The molecule has 2 aliphatic heterocycles. The number of hydrogen-bond acceptors (Lipinski definition) is 3. The van der Waals surface area contributed by atoms with E-state index in [2.05, 4.69) is 0 Å². The van der Waals surface area contributed by atoms with Gasteiger partial charge in [-0.15, -0.1) is 0 Å². The van der Waals surface area contributed by atoms with Crippen molar-refractivity contribution in [1.29, 1.82) is 0 Å². The van der Waals surface area contributed by atoms with Crippen LogP contribution in [0.15, 0.2) is 18.2 Å². The van der Waals surface area contributed by atoms with Crippen LogP contribution < -0.4 is 9.64 Å². The summed E-state index contributed by atoms with van der Waals surface area (Å²) in [6, 6.07) is 5.74. The lowest BCUT2D eigenvalue weighted by Crippen LogP contribution is -2.44. The van der Waals surface area contributed by atoms with E-state index >= 15 is 0 Å². The molecule has 1 saturated heterocycles. The van der Waals surface area contributed by atoms with Crippen LogP contribution in [0, 0.1) is 5.41 Å². The van der Waals surface area contributed by atoms with Crippen LogP contribution in [-0.2, 0) is 15.0 Å². The van der Waals surface area contributed by atoms with E-state index < -0.39 is 10.8 Å².